The molecule has 0 radical (unpaired) electrons. The van der Waals surface area contributed by atoms with E-state index in [1.165, 1.54) is 19.1 Å². The summed E-state index contributed by atoms with van der Waals surface area (Å²) in [5.41, 5.74) is 0.215. The molecule has 2 unspecified atom stereocenters. The molecule has 0 saturated heterocycles. The number of nitrogens with zero attached hydrogens (tertiary/aromatic N) is 1. The van der Waals surface area contributed by atoms with Crippen LogP contribution in [0.4, 0.5) is 4.39 Å². The van der Waals surface area contributed by atoms with E-state index >= 15 is 0 Å². The van der Waals surface area contributed by atoms with Crippen molar-refractivity contribution < 1.29 is 14.2 Å². The zero-order valence-corrected chi connectivity index (χ0v) is 8.57. The minimum atomic E-state index is -0.854. The molecule has 1 rings (SSSR count). The SMILES string of the molecule is CC(C#N)Oc1ccc(C(C)O)c(F)c1. The summed E-state index contributed by atoms with van der Waals surface area (Å²) in [5.74, 6) is -0.251. The van der Waals surface area contributed by atoms with Gasteiger partial charge in [-0.2, -0.15) is 5.26 Å². The molecular formula is C11H12FNO2. The number of rotatable bonds is 3. The van der Waals surface area contributed by atoms with Crippen LogP contribution in [0, 0.1) is 17.1 Å². The number of hydrogen-bond donors (Lipinski definition) is 1. The van der Waals surface area contributed by atoms with E-state index in [2.05, 4.69) is 0 Å². The molecule has 0 amide bonds. The average Bonchev–Trinajstić information content (AvgIpc) is 2.17. The summed E-state index contributed by atoms with van der Waals surface area (Å²) >= 11 is 0. The number of ether oxygens (including phenoxy) is 1. The zero-order valence-electron chi connectivity index (χ0n) is 8.57. The van der Waals surface area contributed by atoms with Gasteiger partial charge >= 0.3 is 0 Å². The van der Waals surface area contributed by atoms with E-state index in [-0.39, 0.29) is 11.3 Å². The van der Waals surface area contributed by atoms with Crippen LogP contribution in [0.3, 0.4) is 0 Å². The molecule has 0 saturated carbocycles. The van der Waals surface area contributed by atoms with Crippen LogP contribution in [0.2, 0.25) is 0 Å². The van der Waals surface area contributed by atoms with E-state index in [0.29, 0.717) is 0 Å². The van der Waals surface area contributed by atoms with Gasteiger partial charge in [0.1, 0.15) is 17.6 Å². The summed E-state index contributed by atoms with van der Waals surface area (Å²) < 4.78 is 18.4. The molecule has 0 aliphatic carbocycles. The number of benzene rings is 1. The lowest BCUT2D eigenvalue weighted by atomic mass is 10.1. The maximum Gasteiger partial charge on any atom is 0.181 e. The average molecular weight is 209 g/mol. The van der Waals surface area contributed by atoms with Gasteiger partial charge in [-0.3, -0.25) is 0 Å². The first-order valence-electron chi connectivity index (χ1n) is 4.58. The van der Waals surface area contributed by atoms with Gasteiger partial charge in [0.25, 0.3) is 0 Å². The summed E-state index contributed by atoms with van der Waals surface area (Å²) in [6.45, 7) is 3.05. The van der Waals surface area contributed by atoms with Crippen LogP contribution in [-0.2, 0) is 0 Å². The molecule has 80 valence electrons. The predicted molar refractivity (Wildman–Crippen MR) is 52.7 cm³/mol. The molecule has 0 aliphatic heterocycles. The third-order valence-corrected chi connectivity index (χ3v) is 1.92. The molecule has 0 aromatic heterocycles. The van der Waals surface area contributed by atoms with Crippen molar-refractivity contribution in [3.63, 3.8) is 0 Å². The van der Waals surface area contributed by atoms with Crippen LogP contribution in [-0.4, -0.2) is 11.2 Å². The Balaban J connectivity index is 2.88. The highest BCUT2D eigenvalue weighted by Crippen LogP contribution is 2.22. The lowest BCUT2D eigenvalue weighted by Crippen LogP contribution is -2.08. The van der Waals surface area contributed by atoms with Gasteiger partial charge in [-0.05, 0) is 26.0 Å². The van der Waals surface area contributed by atoms with Crippen molar-refractivity contribution in [3.05, 3.63) is 29.6 Å². The fourth-order valence-electron chi connectivity index (χ4n) is 1.15. The molecule has 0 heterocycles. The van der Waals surface area contributed by atoms with Crippen LogP contribution in [0.5, 0.6) is 5.75 Å². The van der Waals surface area contributed by atoms with E-state index in [1.54, 1.807) is 6.92 Å². The summed E-state index contributed by atoms with van der Waals surface area (Å²) in [5, 5.41) is 17.7. The first-order valence-corrected chi connectivity index (χ1v) is 4.58. The lowest BCUT2D eigenvalue weighted by molar-refractivity contribution is 0.193. The molecule has 0 bridgehead atoms. The van der Waals surface area contributed by atoms with Crippen LogP contribution in [0.1, 0.15) is 25.5 Å². The summed E-state index contributed by atoms with van der Waals surface area (Å²) in [7, 11) is 0. The topological polar surface area (TPSA) is 53.2 Å². The second kappa shape index (κ2) is 4.76. The van der Waals surface area contributed by atoms with Gasteiger partial charge in [-0.1, -0.05) is 0 Å². The van der Waals surface area contributed by atoms with E-state index < -0.39 is 18.0 Å². The molecule has 2 atom stereocenters. The Labute approximate surface area is 87.7 Å². The number of halogens is 1. The Kier molecular flexibility index (Phi) is 3.64. The first kappa shape index (κ1) is 11.5. The molecule has 4 heteroatoms. The standard InChI is InChI=1S/C11H12FNO2/c1-7(6-13)15-9-3-4-10(8(2)14)11(12)5-9/h3-5,7-8,14H,1-2H3. The Morgan fingerprint density at radius 3 is 2.60 bits per heavy atom. The third kappa shape index (κ3) is 2.93. The first-order chi connectivity index (χ1) is 7.04. The highest BCUT2D eigenvalue weighted by molar-refractivity contribution is 5.30. The minimum Gasteiger partial charge on any atom is -0.476 e. The number of aliphatic hydroxyl groups is 1. The van der Waals surface area contributed by atoms with Crippen LogP contribution >= 0.6 is 0 Å². The summed E-state index contributed by atoms with van der Waals surface area (Å²) in [6, 6.07) is 6.01. The molecule has 1 aromatic carbocycles. The summed E-state index contributed by atoms with van der Waals surface area (Å²) in [4.78, 5) is 0. The Bertz CT molecular complexity index is 385. The Hall–Kier alpha value is -1.60. The Morgan fingerprint density at radius 1 is 1.47 bits per heavy atom. The molecular weight excluding hydrogens is 197 g/mol. The van der Waals surface area contributed by atoms with Gasteiger partial charge in [0.15, 0.2) is 6.10 Å². The third-order valence-electron chi connectivity index (χ3n) is 1.92. The van der Waals surface area contributed by atoms with Crippen molar-refractivity contribution in [1.29, 1.82) is 5.26 Å². The van der Waals surface area contributed by atoms with Crippen molar-refractivity contribution >= 4 is 0 Å². The molecule has 3 nitrogen and oxygen atoms in total. The van der Waals surface area contributed by atoms with Crippen molar-refractivity contribution in [2.24, 2.45) is 0 Å². The molecule has 0 fully saturated rings. The minimum absolute atomic E-state index is 0.215. The van der Waals surface area contributed by atoms with Gasteiger partial charge in [0, 0.05) is 11.6 Å². The highest BCUT2D eigenvalue weighted by atomic mass is 19.1. The highest BCUT2D eigenvalue weighted by Gasteiger charge is 2.10. The largest absolute Gasteiger partial charge is 0.476 e. The molecule has 0 spiro atoms. The quantitative estimate of drug-likeness (QED) is 0.830. The summed E-state index contributed by atoms with van der Waals surface area (Å²) in [6.07, 6.45) is -1.48. The van der Waals surface area contributed by atoms with Crippen molar-refractivity contribution in [1.82, 2.24) is 0 Å². The van der Waals surface area contributed by atoms with Gasteiger partial charge in [-0.25, -0.2) is 4.39 Å². The number of hydrogen-bond acceptors (Lipinski definition) is 3. The second-order valence-electron chi connectivity index (χ2n) is 3.25. The van der Waals surface area contributed by atoms with Crippen LogP contribution < -0.4 is 4.74 Å². The maximum absolute atomic E-state index is 13.3. The van der Waals surface area contributed by atoms with Crippen LogP contribution in [0.25, 0.3) is 0 Å². The van der Waals surface area contributed by atoms with E-state index in [0.717, 1.165) is 6.07 Å². The van der Waals surface area contributed by atoms with Crippen molar-refractivity contribution in [2.45, 2.75) is 26.1 Å². The van der Waals surface area contributed by atoms with E-state index in [4.69, 9.17) is 10.00 Å². The fourth-order valence-corrected chi connectivity index (χ4v) is 1.15. The predicted octanol–water partition coefficient (Wildman–Crippen LogP) is 2.17. The fraction of sp³-hybridized carbons (Fsp3) is 0.364. The zero-order chi connectivity index (χ0) is 11.4. The second-order valence-corrected chi connectivity index (χ2v) is 3.25. The molecule has 15 heavy (non-hydrogen) atoms. The number of aliphatic hydroxyl groups excluding tert-OH is 1. The smallest absolute Gasteiger partial charge is 0.181 e. The van der Waals surface area contributed by atoms with Gasteiger partial charge in [0.05, 0.1) is 6.10 Å². The Morgan fingerprint density at radius 2 is 2.13 bits per heavy atom. The molecule has 1 N–H and O–H groups in total. The van der Waals surface area contributed by atoms with E-state index in [1.807, 2.05) is 6.07 Å². The van der Waals surface area contributed by atoms with Gasteiger partial charge in [-0.15, -0.1) is 0 Å². The monoisotopic (exact) mass is 209 g/mol. The lowest BCUT2D eigenvalue weighted by Gasteiger charge is -2.10. The van der Waals surface area contributed by atoms with Gasteiger partial charge in [0.2, 0.25) is 0 Å². The van der Waals surface area contributed by atoms with Crippen molar-refractivity contribution in [3.8, 4) is 11.8 Å². The van der Waals surface area contributed by atoms with Crippen LogP contribution in [0.15, 0.2) is 18.2 Å². The van der Waals surface area contributed by atoms with E-state index in [9.17, 15) is 9.50 Å². The van der Waals surface area contributed by atoms with Crippen molar-refractivity contribution in [2.75, 3.05) is 0 Å². The normalized spacial score (nSPS) is 14.1. The molecule has 1 aromatic rings. The van der Waals surface area contributed by atoms with Gasteiger partial charge < -0.3 is 9.84 Å². The molecule has 0 aliphatic rings. The number of nitriles is 1. The maximum atomic E-state index is 13.3.